The van der Waals surface area contributed by atoms with Crippen LogP contribution < -0.4 is 11.1 Å². The van der Waals surface area contributed by atoms with E-state index in [0.29, 0.717) is 6.54 Å². The van der Waals surface area contributed by atoms with Gasteiger partial charge in [0.2, 0.25) is 0 Å². The maximum Gasteiger partial charge on any atom is 0.274 e. The van der Waals surface area contributed by atoms with Crippen molar-refractivity contribution in [3.63, 3.8) is 0 Å². The fourth-order valence-electron chi connectivity index (χ4n) is 2.19. The van der Waals surface area contributed by atoms with E-state index in [1.165, 1.54) is 4.68 Å². The van der Waals surface area contributed by atoms with Crippen molar-refractivity contribution in [2.75, 3.05) is 5.73 Å². The normalized spacial score (nSPS) is 10.6. The first-order valence-corrected chi connectivity index (χ1v) is 7.60. The van der Waals surface area contributed by atoms with Gasteiger partial charge in [0, 0.05) is 18.9 Å². The van der Waals surface area contributed by atoms with E-state index in [-0.39, 0.29) is 22.5 Å². The molecule has 3 rings (SSSR count). The molecule has 2 aromatic heterocycles. The van der Waals surface area contributed by atoms with E-state index in [1.54, 1.807) is 18.5 Å². The zero-order valence-corrected chi connectivity index (χ0v) is 13.7. The van der Waals surface area contributed by atoms with Crippen LogP contribution in [0.15, 0.2) is 42.7 Å². The number of nitrogens with two attached hydrogens (primary N) is 1. The lowest BCUT2D eigenvalue weighted by atomic mass is 10.1. The number of carbonyl (C=O) groups excluding carboxylic acids is 1. The Hall–Kier alpha value is -2.93. The molecule has 1 aromatic carbocycles. The number of aryl methyl sites for hydroxylation is 1. The number of nitrogens with one attached hydrogen (secondary N) is 1. The first kappa shape index (κ1) is 15.9. The van der Waals surface area contributed by atoms with E-state index >= 15 is 0 Å². The van der Waals surface area contributed by atoms with E-state index in [0.717, 1.165) is 11.1 Å². The summed E-state index contributed by atoms with van der Waals surface area (Å²) >= 11 is 6.11. The highest BCUT2D eigenvalue weighted by atomic mass is 35.5. The van der Waals surface area contributed by atoms with Crippen molar-refractivity contribution in [3.8, 4) is 5.82 Å². The van der Waals surface area contributed by atoms with Crippen LogP contribution in [0.1, 0.15) is 21.6 Å². The molecule has 1 amide bonds. The molecule has 3 aromatic rings. The van der Waals surface area contributed by atoms with Gasteiger partial charge in [-0.05, 0) is 24.1 Å². The van der Waals surface area contributed by atoms with Gasteiger partial charge in [0.25, 0.3) is 5.91 Å². The molecule has 0 aliphatic carbocycles. The van der Waals surface area contributed by atoms with Crippen LogP contribution in [0.25, 0.3) is 5.82 Å². The number of hydrogen-bond donors (Lipinski definition) is 2. The molecule has 0 saturated heterocycles. The molecule has 0 spiro atoms. The van der Waals surface area contributed by atoms with Gasteiger partial charge < -0.3 is 11.1 Å². The van der Waals surface area contributed by atoms with Crippen molar-refractivity contribution in [2.45, 2.75) is 13.5 Å². The molecule has 0 aliphatic rings. The van der Waals surface area contributed by atoms with Gasteiger partial charge in [0.1, 0.15) is 0 Å². The zero-order valence-electron chi connectivity index (χ0n) is 12.9. The Balaban J connectivity index is 1.80. The summed E-state index contributed by atoms with van der Waals surface area (Å²) in [4.78, 5) is 20.5. The standard InChI is InChI=1S/C16H15ClN6O/c1-10-5-2-3-6-11(10)9-19-16(24)12-14(18)22-15(13(17)21-12)23-8-4-7-20-23/h2-8H,9H2,1H3,(H2,18,22)(H,19,24). The second kappa shape index (κ2) is 6.67. The van der Waals surface area contributed by atoms with Crippen LogP contribution in [0.3, 0.4) is 0 Å². The molecule has 24 heavy (non-hydrogen) atoms. The second-order valence-electron chi connectivity index (χ2n) is 5.13. The van der Waals surface area contributed by atoms with Crippen LogP contribution in [0, 0.1) is 6.92 Å². The summed E-state index contributed by atoms with van der Waals surface area (Å²) in [6.45, 7) is 2.34. The number of halogens is 1. The molecular weight excluding hydrogens is 328 g/mol. The number of nitrogens with zero attached hydrogens (tertiary/aromatic N) is 4. The summed E-state index contributed by atoms with van der Waals surface area (Å²) in [6, 6.07) is 9.50. The average molecular weight is 343 g/mol. The molecule has 122 valence electrons. The van der Waals surface area contributed by atoms with Gasteiger partial charge in [-0.15, -0.1) is 0 Å². The maximum atomic E-state index is 12.3. The Labute approximate surface area is 143 Å². The molecule has 0 saturated carbocycles. The van der Waals surface area contributed by atoms with Crippen molar-refractivity contribution < 1.29 is 4.79 Å². The molecule has 0 unspecified atom stereocenters. The lowest BCUT2D eigenvalue weighted by Gasteiger charge is -2.10. The van der Waals surface area contributed by atoms with Crippen LogP contribution in [-0.4, -0.2) is 25.7 Å². The highest BCUT2D eigenvalue weighted by molar-refractivity contribution is 6.31. The van der Waals surface area contributed by atoms with Crippen LogP contribution in [0.2, 0.25) is 5.15 Å². The average Bonchev–Trinajstić information content (AvgIpc) is 3.10. The van der Waals surface area contributed by atoms with Gasteiger partial charge in [-0.2, -0.15) is 5.10 Å². The summed E-state index contributed by atoms with van der Waals surface area (Å²) in [5.74, 6) is -0.168. The Morgan fingerprint density at radius 1 is 1.29 bits per heavy atom. The minimum atomic E-state index is -0.433. The van der Waals surface area contributed by atoms with Crippen molar-refractivity contribution >= 4 is 23.3 Å². The number of benzene rings is 1. The van der Waals surface area contributed by atoms with Crippen LogP contribution >= 0.6 is 11.6 Å². The van der Waals surface area contributed by atoms with Crippen molar-refractivity contribution in [1.82, 2.24) is 25.1 Å². The lowest BCUT2D eigenvalue weighted by molar-refractivity contribution is 0.0946. The minimum absolute atomic E-state index is 0.00724. The third-order valence-electron chi connectivity index (χ3n) is 3.50. The van der Waals surface area contributed by atoms with Crippen LogP contribution in [0.5, 0.6) is 0 Å². The fraction of sp³-hybridized carbons (Fsp3) is 0.125. The number of carbonyl (C=O) groups is 1. The highest BCUT2D eigenvalue weighted by Gasteiger charge is 2.18. The van der Waals surface area contributed by atoms with E-state index in [1.807, 2.05) is 31.2 Å². The third-order valence-corrected chi connectivity index (χ3v) is 3.75. The number of nitrogen functional groups attached to an aromatic ring is 1. The SMILES string of the molecule is Cc1ccccc1CNC(=O)c1nc(Cl)c(-n2cccn2)nc1N. The molecule has 0 radical (unpaired) electrons. The Kier molecular flexibility index (Phi) is 4.43. The summed E-state index contributed by atoms with van der Waals surface area (Å²) in [6.07, 6.45) is 3.24. The number of amides is 1. The van der Waals surface area contributed by atoms with Gasteiger partial charge in [0.05, 0.1) is 0 Å². The third kappa shape index (κ3) is 3.21. The summed E-state index contributed by atoms with van der Waals surface area (Å²) in [5.41, 5.74) is 7.95. The fourth-order valence-corrected chi connectivity index (χ4v) is 2.41. The first-order chi connectivity index (χ1) is 11.6. The smallest absolute Gasteiger partial charge is 0.274 e. The number of anilines is 1. The second-order valence-corrected chi connectivity index (χ2v) is 5.49. The molecule has 2 heterocycles. The molecule has 0 atom stereocenters. The molecule has 0 fully saturated rings. The van der Waals surface area contributed by atoms with Crippen molar-refractivity contribution in [2.24, 2.45) is 0 Å². The van der Waals surface area contributed by atoms with Gasteiger partial charge in [-0.1, -0.05) is 35.9 Å². The van der Waals surface area contributed by atoms with Crippen LogP contribution in [0.4, 0.5) is 5.82 Å². The van der Waals surface area contributed by atoms with E-state index in [4.69, 9.17) is 17.3 Å². The predicted octanol–water partition coefficient (Wildman–Crippen LogP) is 2.14. The minimum Gasteiger partial charge on any atom is -0.382 e. The Morgan fingerprint density at radius 2 is 2.08 bits per heavy atom. The summed E-state index contributed by atoms with van der Waals surface area (Å²) in [5, 5.41) is 6.85. The van der Waals surface area contributed by atoms with E-state index in [9.17, 15) is 4.79 Å². The van der Waals surface area contributed by atoms with Gasteiger partial charge in [-0.3, -0.25) is 4.79 Å². The Morgan fingerprint density at radius 3 is 2.79 bits per heavy atom. The molecule has 7 nitrogen and oxygen atoms in total. The maximum absolute atomic E-state index is 12.3. The monoisotopic (exact) mass is 342 g/mol. The quantitative estimate of drug-likeness (QED) is 0.756. The molecule has 3 N–H and O–H groups in total. The largest absolute Gasteiger partial charge is 0.382 e. The van der Waals surface area contributed by atoms with Crippen LogP contribution in [-0.2, 0) is 6.54 Å². The number of rotatable bonds is 4. The molecule has 8 heteroatoms. The topological polar surface area (TPSA) is 98.7 Å². The van der Waals surface area contributed by atoms with E-state index < -0.39 is 5.91 Å². The summed E-state index contributed by atoms with van der Waals surface area (Å²) < 4.78 is 1.43. The highest BCUT2D eigenvalue weighted by Crippen LogP contribution is 2.19. The zero-order chi connectivity index (χ0) is 17.1. The predicted molar refractivity (Wildman–Crippen MR) is 90.9 cm³/mol. The Bertz CT molecular complexity index is 878. The van der Waals surface area contributed by atoms with Gasteiger partial charge >= 0.3 is 0 Å². The van der Waals surface area contributed by atoms with Gasteiger partial charge in [0.15, 0.2) is 22.5 Å². The number of aromatic nitrogens is 4. The first-order valence-electron chi connectivity index (χ1n) is 7.22. The van der Waals surface area contributed by atoms with Crippen molar-refractivity contribution in [3.05, 3.63) is 64.7 Å². The number of hydrogen-bond acceptors (Lipinski definition) is 5. The lowest BCUT2D eigenvalue weighted by Crippen LogP contribution is -2.26. The van der Waals surface area contributed by atoms with Gasteiger partial charge in [-0.25, -0.2) is 14.6 Å². The van der Waals surface area contributed by atoms with E-state index in [2.05, 4.69) is 20.4 Å². The molecule has 0 bridgehead atoms. The molecular formula is C16H15ClN6O. The summed E-state index contributed by atoms with van der Waals surface area (Å²) in [7, 11) is 0. The molecule has 0 aliphatic heterocycles. The van der Waals surface area contributed by atoms with Crippen molar-refractivity contribution in [1.29, 1.82) is 0 Å².